The molecule has 0 fully saturated rings. The van der Waals surface area contributed by atoms with Gasteiger partial charge in [-0.25, -0.2) is 18.1 Å². The minimum atomic E-state index is -3.58. The quantitative estimate of drug-likeness (QED) is 0.721. The Morgan fingerprint density at radius 1 is 1.40 bits per heavy atom. The lowest BCUT2D eigenvalue weighted by atomic mass is 10.2. The molecule has 0 radical (unpaired) electrons. The number of benzene rings is 1. The normalized spacial score (nSPS) is 11.7. The molecule has 8 heteroatoms. The average molecular weight is 360 g/mol. The number of rotatable bonds is 6. The van der Waals surface area contributed by atoms with Gasteiger partial charge in [0.1, 0.15) is 0 Å². The number of aromatic nitrogens is 2. The van der Waals surface area contributed by atoms with Crippen molar-refractivity contribution in [3.8, 4) is 0 Å². The number of imidazole rings is 1. The van der Waals surface area contributed by atoms with Crippen LogP contribution in [0.3, 0.4) is 0 Å². The molecule has 1 heterocycles. The van der Waals surface area contributed by atoms with E-state index in [2.05, 4.69) is 30.6 Å². The molecule has 6 nitrogen and oxygen atoms in total. The zero-order chi connectivity index (χ0) is 14.6. The first kappa shape index (κ1) is 15.2. The van der Waals surface area contributed by atoms with Crippen LogP contribution < -0.4 is 4.72 Å². The minimum Gasteiger partial charge on any atom is -0.392 e. The van der Waals surface area contributed by atoms with Crippen LogP contribution in [0.15, 0.2) is 40.1 Å². The topological polar surface area (TPSA) is 95.1 Å². The van der Waals surface area contributed by atoms with E-state index in [1.807, 2.05) is 0 Å². The summed E-state index contributed by atoms with van der Waals surface area (Å²) in [4.78, 5) is 6.92. The first-order valence-corrected chi connectivity index (χ1v) is 8.17. The number of nitrogens with one attached hydrogen (secondary N) is 2. The molecule has 20 heavy (non-hydrogen) atoms. The molecule has 108 valence electrons. The van der Waals surface area contributed by atoms with Gasteiger partial charge in [0.25, 0.3) is 0 Å². The smallest absolute Gasteiger partial charge is 0.241 e. The number of aliphatic hydroxyl groups is 1. The maximum absolute atomic E-state index is 12.2. The third-order valence-electron chi connectivity index (χ3n) is 2.71. The van der Waals surface area contributed by atoms with Crippen molar-refractivity contribution in [1.29, 1.82) is 0 Å². The van der Waals surface area contributed by atoms with E-state index in [-0.39, 0.29) is 18.0 Å². The van der Waals surface area contributed by atoms with Crippen LogP contribution in [-0.4, -0.2) is 30.0 Å². The van der Waals surface area contributed by atoms with Crippen LogP contribution in [0.4, 0.5) is 0 Å². The van der Waals surface area contributed by atoms with Gasteiger partial charge in [0, 0.05) is 29.3 Å². The summed E-state index contributed by atoms with van der Waals surface area (Å²) in [6.07, 6.45) is 3.74. The molecule has 1 aromatic carbocycles. The van der Waals surface area contributed by atoms with Gasteiger partial charge in [-0.2, -0.15) is 0 Å². The second-order valence-corrected chi connectivity index (χ2v) is 6.74. The third kappa shape index (κ3) is 3.66. The highest BCUT2D eigenvalue weighted by Crippen LogP contribution is 2.23. The van der Waals surface area contributed by atoms with Crippen LogP contribution in [0, 0.1) is 0 Å². The van der Waals surface area contributed by atoms with Gasteiger partial charge in [0.15, 0.2) is 0 Å². The van der Waals surface area contributed by atoms with E-state index in [1.165, 1.54) is 6.07 Å². The Balaban J connectivity index is 2.06. The Morgan fingerprint density at radius 3 is 2.80 bits per heavy atom. The standard InChI is InChI=1S/C12H14BrN3O3S/c13-11-5-9(7-17)1-2-12(11)20(18,19)16-4-3-10-6-14-8-15-10/h1-2,5-6,8,16-17H,3-4,7H2,(H,14,15). The Morgan fingerprint density at radius 2 is 2.20 bits per heavy atom. The summed E-state index contributed by atoms with van der Waals surface area (Å²) in [6, 6.07) is 4.63. The number of aliphatic hydroxyl groups excluding tert-OH is 1. The fourth-order valence-corrected chi connectivity index (χ4v) is 3.83. The van der Waals surface area contributed by atoms with Crippen molar-refractivity contribution in [2.75, 3.05) is 6.54 Å². The van der Waals surface area contributed by atoms with E-state index in [0.717, 1.165) is 5.69 Å². The molecule has 1 aromatic heterocycles. The number of halogens is 1. The van der Waals surface area contributed by atoms with Gasteiger partial charge in [0.2, 0.25) is 10.0 Å². The lowest BCUT2D eigenvalue weighted by Crippen LogP contribution is -2.26. The van der Waals surface area contributed by atoms with E-state index in [4.69, 9.17) is 5.11 Å². The second kappa shape index (κ2) is 6.49. The number of hydrogen-bond acceptors (Lipinski definition) is 4. The summed E-state index contributed by atoms with van der Waals surface area (Å²) in [5.41, 5.74) is 1.51. The van der Waals surface area contributed by atoms with Crippen molar-refractivity contribution in [2.24, 2.45) is 0 Å². The Hall–Kier alpha value is -1.22. The molecule has 0 aliphatic rings. The van der Waals surface area contributed by atoms with Crippen LogP contribution in [0.25, 0.3) is 0 Å². The molecule has 0 aliphatic heterocycles. The Labute approximate surface area is 125 Å². The van der Waals surface area contributed by atoms with E-state index >= 15 is 0 Å². The molecule has 2 aromatic rings. The Bertz CT molecular complexity index is 671. The molecule has 2 rings (SSSR count). The molecule has 0 unspecified atom stereocenters. The van der Waals surface area contributed by atoms with Gasteiger partial charge in [-0.3, -0.25) is 0 Å². The van der Waals surface area contributed by atoms with E-state index < -0.39 is 10.0 Å². The number of aromatic amines is 1. The lowest BCUT2D eigenvalue weighted by molar-refractivity contribution is 0.281. The van der Waals surface area contributed by atoms with Crippen LogP contribution >= 0.6 is 15.9 Å². The third-order valence-corrected chi connectivity index (χ3v) is 5.15. The summed E-state index contributed by atoms with van der Waals surface area (Å²) in [5.74, 6) is 0. The van der Waals surface area contributed by atoms with Crippen LogP contribution in [0.1, 0.15) is 11.3 Å². The van der Waals surface area contributed by atoms with Crippen molar-refractivity contribution < 1.29 is 13.5 Å². The van der Waals surface area contributed by atoms with Crippen molar-refractivity contribution in [3.05, 3.63) is 46.5 Å². The van der Waals surface area contributed by atoms with Gasteiger partial charge >= 0.3 is 0 Å². The second-order valence-electron chi connectivity index (χ2n) is 4.15. The lowest BCUT2D eigenvalue weighted by Gasteiger charge is -2.09. The number of hydrogen-bond donors (Lipinski definition) is 3. The molecular formula is C12H14BrN3O3S. The number of H-pyrrole nitrogens is 1. The van der Waals surface area contributed by atoms with Crippen LogP contribution in [0.5, 0.6) is 0 Å². The van der Waals surface area contributed by atoms with Gasteiger partial charge in [-0.15, -0.1) is 0 Å². The molecule has 0 saturated heterocycles. The Kier molecular flexibility index (Phi) is 4.92. The number of sulfonamides is 1. The molecule has 0 amide bonds. The highest BCUT2D eigenvalue weighted by Gasteiger charge is 2.17. The van der Waals surface area contributed by atoms with Gasteiger partial charge in [0.05, 0.1) is 17.8 Å². The average Bonchev–Trinajstić information content (AvgIpc) is 2.91. The predicted molar refractivity (Wildman–Crippen MR) is 77.5 cm³/mol. The highest BCUT2D eigenvalue weighted by atomic mass is 79.9. The molecule has 0 aliphatic carbocycles. The first-order chi connectivity index (χ1) is 9.53. The maximum Gasteiger partial charge on any atom is 0.241 e. The van der Waals surface area contributed by atoms with Crippen LogP contribution in [0.2, 0.25) is 0 Å². The van der Waals surface area contributed by atoms with Crippen molar-refractivity contribution in [2.45, 2.75) is 17.9 Å². The SMILES string of the molecule is O=S(=O)(NCCc1cnc[nH]1)c1ccc(CO)cc1Br. The molecule has 0 spiro atoms. The zero-order valence-corrected chi connectivity index (χ0v) is 12.9. The monoisotopic (exact) mass is 359 g/mol. The summed E-state index contributed by atoms with van der Waals surface area (Å²) >= 11 is 3.21. The van der Waals surface area contributed by atoms with Gasteiger partial charge in [-0.1, -0.05) is 6.07 Å². The van der Waals surface area contributed by atoms with Gasteiger partial charge in [-0.05, 0) is 33.6 Å². The van der Waals surface area contributed by atoms with E-state index in [9.17, 15) is 8.42 Å². The maximum atomic E-state index is 12.2. The van der Waals surface area contributed by atoms with Crippen molar-refractivity contribution in [1.82, 2.24) is 14.7 Å². The molecule has 3 N–H and O–H groups in total. The molecule has 0 bridgehead atoms. The van der Waals surface area contributed by atoms with E-state index in [0.29, 0.717) is 16.5 Å². The van der Waals surface area contributed by atoms with Crippen molar-refractivity contribution >= 4 is 26.0 Å². The minimum absolute atomic E-state index is 0.133. The highest BCUT2D eigenvalue weighted by molar-refractivity contribution is 9.10. The predicted octanol–water partition coefficient (Wildman–Crippen LogP) is 1.19. The first-order valence-electron chi connectivity index (χ1n) is 5.89. The summed E-state index contributed by atoms with van der Waals surface area (Å²) in [7, 11) is -3.58. The summed E-state index contributed by atoms with van der Waals surface area (Å²) in [6.45, 7) is 0.144. The largest absolute Gasteiger partial charge is 0.392 e. The van der Waals surface area contributed by atoms with Crippen molar-refractivity contribution in [3.63, 3.8) is 0 Å². The summed E-state index contributed by atoms with van der Waals surface area (Å²) < 4.78 is 27.3. The molecule has 0 atom stereocenters. The molecular weight excluding hydrogens is 346 g/mol. The van der Waals surface area contributed by atoms with Gasteiger partial charge < -0.3 is 10.1 Å². The van der Waals surface area contributed by atoms with Crippen LogP contribution in [-0.2, 0) is 23.1 Å². The number of nitrogens with zero attached hydrogens (tertiary/aromatic N) is 1. The van der Waals surface area contributed by atoms with E-state index in [1.54, 1.807) is 24.7 Å². The fourth-order valence-electron chi connectivity index (χ4n) is 1.68. The fraction of sp³-hybridized carbons (Fsp3) is 0.250. The summed E-state index contributed by atoms with van der Waals surface area (Å²) in [5, 5.41) is 9.01. The zero-order valence-electron chi connectivity index (χ0n) is 10.5. The molecule has 0 saturated carbocycles.